The topological polar surface area (TPSA) is 46.2 Å². The van der Waals surface area contributed by atoms with Gasteiger partial charge in [0.15, 0.2) is 5.12 Å². The maximum Gasteiger partial charge on any atom is 0.239 e. The molecule has 0 spiro atoms. The van der Waals surface area contributed by atoms with Crippen LogP contribution >= 0.6 is 23.4 Å². The summed E-state index contributed by atoms with van der Waals surface area (Å²) in [7, 11) is 0. The molecule has 2 heterocycles. The van der Waals surface area contributed by atoms with Crippen molar-refractivity contribution in [1.82, 2.24) is 5.32 Å². The zero-order chi connectivity index (χ0) is 13.5. The minimum absolute atomic E-state index is 0.00609. The van der Waals surface area contributed by atoms with Gasteiger partial charge in [0.25, 0.3) is 0 Å². The van der Waals surface area contributed by atoms with Crippen LogP contribution in [0.15, 0.2) is 12.2 Å². The normalized spacial score (nSPS) is 40.8. The monoisotopic (exact) mass is 299 g/mol. The van der Waals surface area contributed by atoms with E-state index >= 15 is 0 Å². The molecule has 3 aliphatic rings. The number of rotatable bonds is 4. The molecule has 3 rings (SSSR count). The van der Waals surface area contributed by atoms with Crippen molar-refractivity contribution >= 4 is 34.4 Å². The second kappa shape index (κ2) is 5.13. The van der Waals surface area contributed by atoms with E-state index in [0.29, 0.717) is 18.2 Å². The first-order valence-corrected chi connectivity index (χ1v) is 8.29. The van der Waals surface area contributed by atoms with Gasteiger partial charge in [-0.3, -0.25) is 9.59 Å². The summed E-state index contributed by atoms with van der Waals surface area (Å²) in [4.78, 5) is 24.2. The average molecular weight is 300 g/mol. The van der Waals surface area contributed by atoms with E-state index < -0.39 is 4.75 Å². The van der Waals surface area contributed by atoms with Gasteiger partial charge in [-0.2, -0.15) is 0 Å². The second-order valence-electron chi connectivity index (χ2n) is 5.67. The Bertz CT molecular complexity index is 439. The predicted octanol–water partition coefficient (Wildman–Crippen LogP) is 2.49. The first-order chi connectivity index (χ1) is 9.17. The van der Waals surface area contributed by atoms with Crippen molar-refractivity contribution in [2.45, 2.75) is 42.9 Å². The molecule has 0 aromatic heterocycles. The molecular formula is C14H18ClNO2S. The SMILES string of the molecule is O=C1S[C@@]2(CC3C=CCCC3)C(=O)NC2C1CCCl. The highest BCUT2D eigenvalue weighted by Crippen LogP contribution is 2.53. The van der Waals surface area contributed by atoms with Gasteiger partial charge in [0.1, 0.15) is 4.75 Å². The third kappa shape index (κ3) is 2.13. The first-order valence-electron chi connectivity index (χ1n) is 6.94. The Balaban J connectivity index is 1.77. The van der Waals surface area contributed by atoms with E-state index in [1.807, 2.05) is 0 Å². The Morgan fingerprint density at radius 1 is 1.47 bits per heavy atom. The van der Waals surface area contributed by atoms with Crippen molar-refractivity contribution in [3.63, 3.8) is 0 Å². The molecule has 5 heteroatoms. The molecule has 3 nitrogen and oxygen atoms in total. The van der Waals surface area contributed by atoms with Gasteiger partial charge < -0.3 is 5.32 Å². The summed E-state index contributed by atoms with van der Waals surface area (Å²) in [6, 6.07) is 0.00609. The highest BCUT2D eigenvalue weighted by atomic mass is 35.5. The van der Waals surface area contributed by atoms with Crippen LogP contribution in [0.2, 0.25) is 0 Å². The first kappa shape index (κ1) is 13.5. The number of halogens is 1. The number of fused-ring (bicyclic) bond motifs is 1. The molecule has 0 aromatic carbocycles. The van der Waals surface area contributed by atoms with Gasteiger partial charge in [-0.05, 0) is 38.0 Å². The fraction of sp³-hybridized carbons (Fsp3) is 0.714. The fourth-order valence-corrected chi connectivity index (χ4v) is 5.27. The Morgan fingerprint density at radius 3 is 2.95 bits per heavy atom. The molecular weight excluding hydrogens is 282 g/mol. The summed E-state index contributed by atoms with van der Waals surface area (Å²) >= 11 is 7.04. The molecule has 1 N–H and O–H groups in total. The van der Waals surface area contributed by atoms with Crippen molar-refractivity contribution in [2.24, 2.45) is 11.8 Å². The number of allylic oxidation sites excluding steroid dienone is 2. The van der Waals surface area contributed by atoms with E-state index in [-0.39, 0.29) is 23.0 Å². The van der Waals surface area contributed by atoms with Crippen LogP contribution in [0.25, 0.3) is 0 Å². The smallest absolute Gasteiger partial charge is 0.239 e. The number of β-lactam (4-membered cyclic amide) rings is 1. The highest BCUT2D eigenvalue weighted by Gasteiger charge is 2.65. The number of carbonyl (C=O) groups excluding carboxylic acids is 2. The van der Waals surface area contributed by atoms with Crippen LogP contribution in [0.5, 0.6) is 0 Å². The molecule has 1 aliphatic carbocycles. The van der Waals surface area contributed by atoms with Crippen LogP contribution < -0.4 is 5.32 Å². The fourth-order valence-electron chi connectivity index (χ4n) is 3.48. The van der Waals surface area contributed by atoms with Crippen molar-refractivity contribution < 1.29 is 9.59 Å². The van der Waals surface area contributed by atoms with Crippen LogP contribution in [0, 0.1) is 11.8 Å². The Kier molecular flexibility index (Phi) is 3.65. The molecule has 2 aliphatic heterocycles. The summed E-state index contributed by atoms with van der Waals surface area (Å²) in [6.45, 7) is 0. The van der Waals surface area contributed by atoms with Gasteiger partial charge in [0, 0.05) is 5.88 Å². The lowest BCUT2D eigenvalue weighted by molar-refractivity contribution is -0.134. The zero-order valence-corrected chi connectivity index (χ0v) is 12.3. The average Bonchev–Trinajstić information content (AvgIpc) is 2.62. The minimum atomic E-state index is -0.500. The third-order valence-electron chi connectivity index (χ3n) is 4.50. The van der Waals surface area contributed by atoms with E-state index in [1.165, 1.54) is 18.2 Å². The molecule has 3 unspecified atom stereocenters. The van der Waals surface area contributed by atoms with Crippen LogP contribution in [-0.4, -0.2) is 27.7 Å². The predicted molar refractivity (Wildman–Crippen MR) is 77.2 cm³/mol. The molecule has 0 bridgehead atoms. The van der Waals surface area contributed by atoms with Crippen LogP contribution in [-0.2, 0) is 9.59 Å². The summed E-state index contributed by atoms with van der Waals surface area (Å²) in [5.41, 5.74) is 0. The molecule has 104 valence electrons. The molecule has 19 heavy (non-hydrogen) atoms. The number of nitrogens with one attached hydrogen (secondary N) is 1. The van der Waals surface area contributed by atoms with Gasteiger partial charge in [0.05, 0.1) is 12.0 Å². The molecule has 1 amide bonds. The molecule has 0 saturated carbocycles. The van der Waals surface area contributed by atoms with E-state index in [0.717, 1.165) is 19.3 Å². The molecule has 0 aromatic rings. The molecule has 2 fully saturated rings. The lowest BCUT2D eigenvalue weighted by Gasteiger charge is -2.45. The standard InChI is InChI=1S/C14H18ClNO2S/c15-7-6-10-11-14(13(18)16-11,19-12(10)17)8-9-4-2-1-3-5-9/h2,4,9-11H,1,3,5-8H2,(H,16,18)/t9?,10?,11?,14-/m1/s1. The lowest BCUT2D eigenvalue weighted by Crippen LogP contribution is -2.70. The van der Waals surface area contributed by atoms with Crippen LogP contribution in [0.4, 0.5) is 0 Å². The second-order valence-corrected chi connectivity index (χ2v) is 7.38. The maximum atomic E-state index is 12.1. The van der Waals surface area contributed by atoms with Gasteiger partial charge >= 0.3 is 0 Å². The quantitative estimate of drug-likeness (QED) is 0.493. The third-order valence-corrected chi connectivity index (χ3v) is 6.19. The summed E-state index contributed by atoms with van der Waals surface area (Å²) in [5, 5.41) is 3.08. The number of hydrogen-bond donors (Lipinski definition) is 1. The Labute approximate surface area is 122 Å². The molecule has 2 saturated heterocycles. The zero-order valence-electron chi connectivity index (χ0n) is 10.7. The lowest BCUT2D eigenvalue weighted by atomic mass is 9.74. The van der Waals surface area contributed by atoms with Gasteiger partial charge in [-0.1, -0.05) is 23.9 Å². The number of hydrogen-bond acceptors (Lipinski definition) is 3. The van der Waals surface area contributed by atoms with E-state index in [1.54, 1.807) is 0 Å². The Hall–Kier alpha value is -0.480. The van der Waals surface area contributed by atoms with Gasteiger partial charge in [-0.15, -0.1) is 11.6 Å². The van der Waals surface area contributed by atoms with Crippen molar-refractivity contribution in [1.29, 1.82) is 0 Å². The number of carbonyl (C=O) groups is 2. The summed E-state index contributed by atoms with van der Waals surface area (Å²) in [5.74, 6) is 0.875. The van der Waals surface area contributed by atoms with Gasteiger partial charge in [0.2, 0.25) is 5.91 Å². The van der Waals surface area contributed by atoms with Gasteiger partial charge in [-0.25, -0.2) is 0 Å². The Morgan fingerprint density at radius 2 is 2.32 bits per heavy atom. The van der Waals surface area contributed by atoms with Crippen molar-refractivity contribution in [3.05, 3.63) is 12.2 Å². The maximum absolute atomic E-state index is 12.1. The van der Waals surface area contributed by atoms with E-state index in [9.17, 15) is 9.59 Å². The van der Waals surface area contributed by atoms with Crippen LogP contribution in [0.1, 0.15) is 32.1 Å². The largest absolute Gasteiger partial charge is 0.349 e. The summed E-state index contributed by atoms with van der Waals surface area (Å²) in [6.07, 6.45) is 9.35. The summed E-state index contributed by atoms with van der Waals surface area (Å²) < 4.78 is -0.500. The van der Waals surface area contributed by atoms with E-state index in [2.05, 4.69) is 17.5 Å². The molecule has 4 atom stereocenters. The number of amides is 1. The van der Waals surface area contributed by atoms with Crippen molar-refractivity contribution in [2.75, 3.05) is 5.88 Å². The van der Waals surface area contributed by atoms with Crippen LogP contribution in [0.3, 0.4) is 0 Å². The minimum Gasteiger partial charge on any atom is -0.349 e. The number of alkyl halides is 1. The molecule has 0 radical (unpaired) electrons. The van der Waals surface area contributed by atoms with Crippen molar-refractivity contribution in [3.8, 4) is 0 Å². The van der Waals surface area contributed by atoms with E-state index in [4.69, 9.17) is 11.6 Å². The number of thioether (sulfide) groups is 1. The highest BCUT2D eigenvalue weighted by molar-refractivity contribution is 8.16.